The largest absolute Gasteiger partial charge is 0.506 e. The highest BCUT2D eigenvalue weighted by atomic mass is 32.1. The van der Waals surface area contributed by atoms with E-state index < -0.39 is 0 Å². The summed E-state index contributed by atoms with van der Waals surface area (Å²) >= 11 is 4.61. The van der Waals surface area contributed by atoms with E-state index in [1.54, 1.807) is 22.8 Å². The van der Waals surface area contributed by atoms with E-state index in [0.717, 1.165) is 0 Å². The standard InChI is InChI=1S/C13H14N4O2S/c1-2-17-10-6-4-3-5-8(10)11(18)9(12(17)19)7-15-16-13(14)20/h3-7,18H,2H2,1H3,(H3,14,16,20). The monoisotopic (exact) mass is 290 g/mol. The lowest BCUT2D eigenvalue weighted by molar-refractivity contribution is 0.478. The topological polar surface area (TPSA) is 92.6 Å². The molecule has 7 heteroatoms. The van der Waals surface area contributed by atoms with Gasteiger partial charge in [0.05, 0.1) is 11.7 Å². The van der Waals surface area contributed by atoms with Crippen LogP contribution in [0.5, 0.6) is 5.75 Å². The summed E-state index contributed by atoms with van der Waals surface area (Å²) in [7, 11) is 0. The summed E-state index contributed by atoms with van der Waals surface area (Å²) < 4.78 is 1.57. The molecule has 20 heavy (non-hydrogen) atoms. The molecule has 1 aromatic heterocycles. The number of nitrogens with two attached hydrogens (primary N) is 1. The molecule has 0 aliphatic heterocycles. The molecule has 0 saturated carbocycles. The molecular weight excluding hydrogens is 276 g/mol. The Morgan fingerprint density at radius 1 is 1.55 bits per heavy atom. The van der Waals surface area contributed by atoms with E-state index >= 15 is 0 Å². The van der Waals surface area contributed by atoms with Gasteiger partial charge in [-0.3, -0.25) is 10.2 Å². The smallest absolute Gasteiger partial charge is 0.263 e. The number of aryl methyl sites for hydroxylation is 1. The number of rotatable bonds is 3. The summed E-state index contributed by atoms with van der Waals surface area (Å²) in [6.45, 7) is 2.35. The molecular formula is C13H14N4O2S. The maximum atomic E-state index is 12.3. The first-order chi connectivity index (χ1) is 9.56. The van der Waals surface area contributed by atoms with Crippen molar-refractivity contribution in [3.05, 3.63) is 40.2 Å². The van der Waals surface area contributed by atoms with Crippen LogP contribution in [-0.2, 0) is 6.54 Å². The Bertz CT molecular complexity index is 752. The molecule has 0 unspecified atom stereocenters. The minimum Gasteiger partial charge on any atom is -0.506 e. The molecule has 0 radical (unpaired) electrons. The lowest BCUT2D eigenvalue weighted by atomic mass is 10.1. The molecule has 2 rings (SSSR count). The quantitative estimate of drug-likeness (QED) is 0.443. The molecule has 0 amide bonds. The van der Waals surface area contributed by atoms with Crippen LogP contribution in [-0.4, -0.2) is 21.0 Å². The number of nitrogens with one attached hydrogen (secondary N) is 1. The van der Waals surface area contributed by atoms with E-state index in [-0.39, 0.29) is 22.0 Å². The second kappa shape index (κ2) is 5.70. The summed E-state index contributed by atoms with van der Waals surface area (Å²) in [5.74, 6) is -0.108. The molecule has 0 atom stereocenters. The average molecular weight is 290 g/mol. The molecule has 2 aromatic rings. The van der Waals surface area contributed by atoms with Gasteiger partial charge in [0.2, 0.25) is 0 Å². The van der Waals surface area contributed by atoms with Gasteiger partial charge in [0.1, 0.15) is 11.3 Å². The number of para-hydroxylation sites is 1. The Balaban J connectivity index is 2.69. The van der Waals surface area contributed by atoms with E-state index in [1.165, 1.54) is 6.21 Å². The lowest BCUT2D eigenvalue weighted by Crippen LogP contribution is -2.26. The van der Waals surface area contributed by atoms with Crippen molar-refractivity contribution >= 4 is 34.4 Å². The minimum atomic E-state index is -0.322. The van der Waals surface area contributed by atoms with E-state index in [4.69, 9.17) is 5.73 Å². The van der Waals surface area contributed by atoms with Crippen molar-refractivity contribution in [3.8, 4) is 5.75 Å². The van der Waals surface area contributed by atoms with Gasteiger partial charge < -0.3 is 15.4 Å². The summed E-state index contributed by atoms with van der Waals surface area (Å²) in [6, 6.07) is 7.14. The summed E-state index contributed by atoms with van der Waals surface area (Å²) in [6.07, 6.45) is 1.22. The molecule has 0 aliphatic rings. The highest BCUT2D eigenvalue weighted by Gasteiger charge is 2.13. The van der Waals surface area contributed by atoms with Gasteiger partial charge in [0.15, 0.2) is 5.11 Å². The van der Waals surface area contributed by atoms with Crippen molar-refractivity contribution < 1.29 is 5.11 Å². The second-order valence-corrected chi connectivity index (χ2v) is 4.50. The van der Waals surface area contributed by atoms with Crippen molar-refractivity contribution in [2.45, 2.75) is 13.5 Å². The van der Waals surface area contributed by atoms with E-state index in [0.29, 0.717) is 17.4 Å². The van der Waals surface area contributed by atoms with Crippen LogP contribution in [0.4, 0.5) is 0 Å². The predicted octanol–water partition coefficient (Wildman–Crippen LogP) is 0.894. The van der Waals surface area contributed by atoms with E-state index in [2.05, 4.69) is 22.7 Å². The Hall–Kier alpha value is -2.41. The fourth-order valence-corrected chi connectivity index (χ4v) is 2.05. The molecule has 1 aromatic carbocycles. The number of nitrogens with zero attached hydrogens (tertiary/aromatic N) is 2. The third kappa shape index (κ3) is 2.48. The zero-order valence-corrected chi connectivity index (χ0v) is 11.6. The molecule has 0 fully saturated rings. The van der Waals surface area contributed by atoms with Gasteiger partial charge in [-0.2, -0.15) is 5.10 Å². The van der Waals surface area contributed by atoms with Crippen molar-refractivity contribution in [3.63, 3.8) is 0 Å². The number of aromatic hydroxyl groups is 1. The molecule has 6 nitrogen and oxygen atoms in total. The maximum absolute atomic E-state index is 12.3. The maximum Gasteiger partial charge on any atom is 0.263 e. The van der Waals surface area contributed by atoms with Gasteiger partial charge in [-0.1, -0.05) is 12.1 Å². The average Bonchev–Trinajstić information content (AvgIpc) is 2.43. The number of aromatic nitrogens is 1. The van der Waals surface area contributed by atoms with Crippen LogP contribution >= 0.6 is 12.2 Å². The number of fused-ring (bicyclic) bond motifs is 1. The van der Waals surface area contributed by atoms with Crippen LogP contribution < -0.4 is 16.7 Å². The number of hydrogen-bond donors (Lipinski definition) is 3. The third-order valence-corrected chi connectivity index (χ3v) is 2.96. The van der Waals surface area contributed by atoms with Gasteiger partial charge in [0, 0.05) is 11.9 Å². The lowest BCUT2D eigenvalue weighted by Gasteiger charge is -2.11. The number of benzene rings is 1. The molecule has 0 spiro atoms. The number of thiocarbonyl (C=S) groups is 1. The van der Waals surface area contributed by atoms with Crippen molar-refractivity contribution in [2.75, 3.05) is 0 Å². The molecule has 0 aliphatic carbocycles. The predicted molar refractivity (Wildman–Crippen MR) is 83.1 cm³/mol. The first kappa shape index (κ1) is 14.0. The van der Waals surface area contributed by atoms with Gasteiger partial charge in [0.25, 0.3) is 5.56 Å². The molecule has 0 bridgehead atoms. The molecule has 104 valence electrons. The summed E-state index contributed by atoms with van der Waals surface area (Å²) in [4.78, 5) is 12.3. The Labute approximate surface area is 120 Å². The molecule has 4 N–H and O–H groups in total. The van der Waals surface area contributed by atoms with Gasteiger partial charge in [-0.25, -0.2) is 0 Å². The third-order valence-electron chi connectivity index (χ3n) is 2.87. The van der Waals surface area contributed by atoms with Crippen LogP contribution in [0.1, 0.15) is 12.5 Å². The fourth-order valence-electron chi connectivity index (χ4n) is 2.00. The zero-order chi connectivity index (χ0) is 14.7. The first-order valence-electron chi connectivity index (χ1n) is 5.99. The van der Waals surface area contributed by atoms with Crippen molar-refractivity contribution in [1.82, 2.24) is 9.99 Å². The molecule has 0 saturated heterocycles. The highest BCUT2D eigenvalue weighted by molar-refractivity contribution is 7.80. The Morgan fingerprint density at radius 2 is 2.25 bits per heavy atom. The summed E-state index contributed by atoms with van der Waals surface area (Å²) in [5, 5.41) is 14.5. The van der Waals surface area contributed by atoms with Gasteiger partial charge in [-0.15, -0.1) is 0 Å². The normalized spacial score (nSPS) is 11.1. The van der Waals surface area contributed by atoms with E-state index in [1.807, 2.05) is 13.0 Å². The van der Waals surface area contributed by atoms with Crippen molar-refractivity contribution in [1.29, 1.82) is 0 Å². The number of hydrazone groups is 1. The van der Waals surface area contributed by atoms with Gasteiger partial charge >= 0.3 is 0 Å². The summed E-state index contributed by atoms with van der Waals surface area (Å²) in [5.41, 5.74) is 8.04. The van der Waals surface area contributed by atoms with Crippen LogP contribution in [0.2, 0.25) is 0 Å². The number of pyridine rings is 1. The van der Waals surface area contributed by atoms with Gasteiger partial charge in [-0.05, 0) is 31.3 Å². The first-order valence-corrected chi connectivity index (χ1v) is 6.40. The fraction of sp³-hybridized carbons (Fsp3) is 0.154. The van der Waals surface area contributed by atoms with Crippen LogP contribution in [0.3, 0.4) is 0 Å². The van der Waals surface area contributed by atoms with E-state index in [9.17, 15) is 9.90 Å². The number of hydrogen-bond acceptors (Lipinski definition) is 4. The second-order valence-electron chi connectivity index (χ2n) is 4.06. The Morgan fingerprint density at radius 3 is 2.90 bits per heavy atom. The molecule has 1 heterocycles. The highest BCUT2D eigenvalue weighted by Crippen LogP contribution is 2.25. The Kier molecular flexibility index (Phi) is 3.99. The van der Waals surface area contributed by atoms with Crippen molar-refractivity contribution in [2.24, 2.45) is 10.8 Å². The van der Waals surface area contributed by atoms with Crippen LogP contribution in [0.15, 0.2) is 34.2 Å². The van der Waals surface area contributed by atoms with Crippen LogP contribution in [0, 0.1) is 0 Å². The SMILES string of the molecule is CCn1c(=O)c(C=NNC(N)=S)c(O)c2ccccc21. The minimum absolute atomic E-state index is 0.0163. The van der Waals surface area contributed by atoms with Crippen LogP contribution in [0.25, 0.3) is 10.9 Å². The zero-order valence-electron chi connectivity index (χ0n) is 10.8.